The summed E-state index contributed by atoms with van der Waals surface area (Å²) in [4.78, 5) is 11.3. The van der Waals surface area contributed by atoms with Crippen molar-refractivity contribution in [3.63, 3.8) is 0 Å². The van der Waals surface area contributed by atoms with Crippen molar-refractivity contribution in [2.45, 2.75) is 6.54 Å². The summed E-state index contributed by atoms with van der Waals surface area (Å²) in [6, 6.07) is 16.6. The monoisotopic (exact) mass is 266 g/mol. The minimum absolute atomic E-state index is 0.349. The van der Waals surface area contributed by atoms with Gasteiger partial charge in [0.2, 0.25) is 0 Å². The summed E-state index contributed by atoms with van der Waals surface area (Å²) < 4.78 is 4.64. The molecule has 4 heteroatoms. The molecule has 0 aliphatic carbocycles. The predicted octanol–water partition coefficient (Wildman–Crippen LogP) is 2.96. The highest BCUT2D eigenvalue weighted by molar-refractivity contribution is 5.89. The summed E-state index contributed by atoms with van der Waals surface area (Å²) in [5.41, 5.74) is 3.09. The smallest absolute Gasteiger partial charge is 0.337 e. The van der Waals surface area contributed by atoms with Gasteiger partial charge in [-0.1, -0.05) is 12.1 Å². The molecule has 100 valence electrons. The molecule has 2 aromatic rings. The van der Waals surface area contributed by atoms with Crippen LogP contribution in [0.5, 0.6) is 0 Å². The standard InChI is InChI=1S/C16H14N2O2/c1-20-16(19)14-5-7-15(8-6-14)18-11-13-4-2-3-12(9-13)10-17/h2-9,18H,11H2,1H3. The van der Waals surface area contributed by atoms with Crippen molar-refractivity contribution in [3.05, 3.63) is 65.2 Å². The van der Waals surface area contributed by atoms with Gasteiger partial charge in [0, 0.05) is 12.2 Å². The van der Waals surface area contributed by atoms with Gasteiger partial charge in [0.25, 0.3) is 0 Å². The molecule has 0 aliphatic rings. The highest BCUT2D eigenvalue weighted by atomic mass is 16.5. The number of hydrogen-bond acceptors (Lipinski definition) is 4. The van der Waals surface area contributed by atoms with E-state index in [1.54, 1.807) is 18.2 Å². The summed E-state index contributed by atoms with van der Waals surface area (Å²) in [5.74, 6) is -0.349. The Hall–Kier alpha value is -2.80. The van der Waals surface area contributed by atoms with E-state index < -0.39 is 0 Å². The van der Waals surface area contributed by atoms with Gasteiger partial charge in [-0.25, -0.2) is 4.79 Å². The van der Waals surface area contributed by atoms with Gasteiger partial charge in [0.05, 0.1) is 24.3 Å². The van der Waals surface area contributed by atoms with E-state index in [2.05, 4.69) is 16.1 Å². The highest BCUT2D eigenvalue weighted by Crippen LogP contribution is 2.12. The van der Waals surface area contributed by atoms with Crippen LogP contribution in [-0.2, 0) is 11.3 Å². The van der Waals surface area contributed by atoms with Crippen LogP contribution >= 0.6 is 0 Å². The van der Waals surface area contributed by atoms with Crippen LogP contribution in [0.1, 0.15) is 21.5 Å². The van der Waals surface area contributed by atoms with E-state index in [4.69, 9.17) is 5.26 Å². The molecule has 0 atom stereocenters. The number of nitrogens with one attached hydrogen (secondary N) is 1. The molecular formula is C16H14N2O2. The fourth-order valence-corrected chi connectivity index (χ4v) is 1.80. The van der Waals surface area contributed by atoms with E-state index in [9.17, 15) is 4.79 Å². The highest BCUT2D eigenvalue weighted by Gasteiger charge is 2.04. The molecular weight excluding hydrogens is 252 g/mol. The summed E-state index contributed by atoms with van der Waals surface area (Å²) in [6.07, 6.45) is 0. The Bertz CT molecular complexity index is 642. The quantitative estimate of drug-likeness (QED) is 0.864. The molecule has 0 radical (unpaired) electrons. The number of carbonyl (C=O) groups is 1. The van der Waals surface area contributed by atoms with E-state index >= 15 is 0 Å². The Morgan fingerprint density at radius 2 is 2.00 bits per heavy atom. The van der Waals surface area contributed by atoms with Gasteiger partial charge in [-0.15, -0.1) is 0 Å². The second-order valence-electron chi connectivity index (χ2n) is 4.23. The normalized spacial score (nSPS) is 9.60. The number of esters is 1. The number of methoxy groups -OCH3 is 1. The van der Waals surface area contributed by atoms with Gasteiger partial charge in [0.15, 0.2) is 0 Å². The molecule has 2 aromatic carbocycles. The molecule has 1 N–H and O–H groups in total. The average molecular weight is 266 g/mol. The number of hydrogen-bond donors (Lipinski definition) is 1. The molecule has 4 nitrogen and oxygen atoms in total. The zero-order valence-electron chi connectivity index (χ0n) is 11.1. The van der Waals surface area contributed by atoms with Crippen LogP contribution in [0.2, 0.25) is 0 Å². The number of nitriles is 1. The fourth-order valence-electron chi connectivity index (χ4n) is 1.80. The van der Waals surface area contributed by atoms with Gasteiger partial charge in [0.1, 0.15) is 0 Å². The first kappa shape index (κ1) is 13.6. The Balaban J connectivity index is 2.00. The number of carbonyl (C=O) groups excluding carboxylic acids is 1. The summed E-state index contributed by atoms with van der Waals surface area (Å²) >= 11 is 0. The van der Waals surface area contributed by atoms with Crippen molar-refractivity contribution in [1.82, 2.24) is 0 Å². The number of nitrogens with zero attached hydrogens (tertiary/aromatic N) is 1. The van der Waals surface area contributed by atoms with Crippen molar-refractivity contribution in [3.8, 4) is 6.07 Å². The largest absolute Gasteiger partial charge is 0.465 e. The second kappa shape index (κ2) is 6.39. The molecule has 2 rings (SSSR count). The Morgan fingerprint density at radius 3 is 2.65 bits per heavy atom. The van der Waals surface area contributed by atoms with Crippen LogP contribution in [0.3, 0.4) is 0 Å². The van der Waals surface area contributed by atoms with Crippen LogP contribution in [0.15, 0.2) is 48.5 Å². The van der Waals surface area contributed by atoms with Crippen molar-refractivity contribution in [2.75, 3.05) is 12.4 Å². The molecule has 0 saturated carbocycles. The molecule has 0 aliphatic heterocycles. The average Bonchev–Trinajstić information content (AvgIpc) is 2.53. The third-order valence-corrected chi connectivity index (χ3v) is 2.86. The van der Waals surface area contributed by atoms with Gasteiger partial charge >= 0.3 is 5.97 Å². The zero-order chi connectivity index (χ0) is 14.4. The summed E-state index contributed by atoms with van der Waals surface area (Å²) in [6.45, 7) is 0.618. The van der Waals surface area contributed by atoms with Crippen LogP contribution in [0.4, 0.5) is 5.69 Å². The lowest BCUT2D eigenvalue weighted by molar-refractivity contribution is 0.0601. The molecule has 20 heavy (non-hydrogen) atoms. The van der Waals surface area contributed by atoms with Gasteiger partial charge in [-0.2, -0.15) is 5.26 Å². The summed E-state index contributed by atoms with van der Waals surface area (Å²) in [7, 11) is 1.36. The van der Waals surface area contributed by atoms with E-state index in [0.29, 0.717) is 17.7 Å². The number of anilines is 1. The van der Waals surface area contributed by atoms with Crippen LogP contribution in [0.25, 0.3) is 0 Å². The van der Waals surface area contributed by atoms with Crippen LogP contribution in [0, 0.1) is 11.3 Å². The van der Waals surface area contributed by atoms with E-state index in [1.165, 1.54) is 7.11 Å². The number of rotatable bonds is 4. The first-order valence-electron chi connectivity index (χ1n) is 6.14. The van der Waals surface area contributed by atoms with Crippen molar-refractivity contribution in [2.24, 2.45) is 0 Å². The topological polar surface area (TPSA) is 62.1 Å². The lowest BCUT2D eigenvalue weighted by Crippen LogP contribution is -2.02. The predicted molar refractivity (Wildman–Crippen MR) is 76.3 cm³/mol. The van der Waals surface area contributed by atoms with Crippen LogP contribution in [-0.4, -0.2) is 13.1 Å². The van der Waals surface area contributed by atoms with Gasteiger partial charge in [-0.05, 0) is 42.0 Å². The molecule has 0 bridgehead atoms. The molecule has 0 saturated heterocycles. The Kier molecular flexibility index (Phi) is 4.35. The Labute approximate surface area is 117 Å². The SMILES string of the molecule is COC(=O)c1ccc(NCc2cccc(C#N)c2)cc1. The number of ether oxygens (including phenoxy) is 1. The minimum Gasteiger partial charge on any atom is -0.465 e. The van der Waals surface area contributed by atoms with E-state index in [-0.39, 0.29) is 5.97 Å². The van der Waals surface area contributed by atoms with Crippen molar-refractivity contribution < 1.29 is 9.53 Å². The van der Waals surface area contributed by atoms with E-state index in [1.807, 2.05) is 30.3 Å². The van der Waals surface area contributed by atoms with E-state index in [0.717, 1.165) is 11.3 Å². The molecule has 0 aromatic heterocycles. The molecule has 0 amide bonds. The third-order valence-electron chi connectivity index (χ3n) is 2.86. The van der Waals surface area contributed by atoms with Gasteiger partial charge < -0.3 is 10.1 Å². The first-order chi connectivity index (χ1) is 9.72. The van der Waals surface area contributed by atoms with Crippen molar-refractivity contribution >= 4 is 11.7 Å². The molecule has 0 spiro atoms. The van der Waals surface area contributed by atoms with Crippen molar-refractivity contribution in [1.29, 1.82) is 5.26 Å². The fraction of sp³-hybridized carbons (Fsp3) is 0.125. The lowest BCUT2D eigenvalue weighted by Gasteiger charge is -2.07. The van der Waals surface area contributed by atoms with Gasteiger partial charge in [-0.3, -0.25) is 0 Å². The second-order valence-corrected chi connectivity index (χ2v) is 4.23. The molecule has 0 fully saturated rings. The minimum atomic E-state index is -0.349. The Morgan fingerprint density at radius 1 is 1.25 bits per heavy atom. The number of benzene rings is 2. The third kappa shape index (κ3) is 3.36. The maximum absolute atomic E-state index is 11.3. The maximum Gasteiger partial charge on any atom is 0.337 e. The summed E-state index contributed by atoms with van der Waals surface area (Å²) in [5, 5.41) is 12.1. The molecule has 0 unspecified atom stereocenters. The lowest BCUT2D eigenvalue weighted by atomic mass is 10.1. The maximum atomic E-state index is 11.3. The zero-order valence-corrected chi connectivity index (χ0v) is 11.1. The first-order valence-corrected chi connectivity index (χ1v) is 6.14. The van der Waals surface area contributed by atoms with Crippen LogP contribution < -0.4 is 5.32 Å². The molecule has 0 heterocycles.